The fraction of sp³-hybridized carbons (Fsp3) is 0.667. The van der Waals surface area contributed by atoms with Gasteiger partial charge in [0.25, 0.3) is 0 Å². The lowest BCUT2D eigenvalue weighted by Gasteiger charge is -2.34. The van der Waals surface area contributed by atoms with Gasteiger partial charge in [0.2, 0.25) is 11.7 Å². The molecule has 2 amide bonds. The minimum atomic E-state index is -0.514. The fourth-order valence-electron chi connectivity index (χ4n) is 3.94. The third kappa shape index (κ3) is 8.31. The smallest absolute Gasteiger partial charge is 0.410 e. The van der Waals surface area contributed by atoms with Crippen molar-refractivity contribution in [2.75, 3.05) is 54.6 Å². The second-order valence-corrected chi connectivity index (χ2v) is 9.41. The molecule has 9 nitrogen and oxygen atoms in total. The molecule has 1 aromatic rings. The Morgan fingerprint density at radius 2 is 1.76 bits per heavy atom. The average molecular weight is 466 g/mol. The number of rotatable bonds is 9. The Hall–Kier alpha value is -2.68. The van der Waals surface area contributed by atoms with E-state index in [1.807, 2.05) is 32.9 Å². The number of methoxy groups -OCH3 is 3. The summed E-state index contributed by atoms with van der Waals surface area (Å²) >= 11 is 0. The molecule has 0 spiro atoms. The van der Waals surface area contributed by atoms with Gasteiger partial charge in [-0.1, -0.05) is 0 Å². The number of hydrogen-bond acceptors (Lipinski definition) is 7. The highest BCUT2D eigenvalue weighted by Gasteiger charge is 2.26. The van der Waals surface area contributed by atoms with Crippen LogP contribution in [0.2, 0.25) is 0 Å². The molecule has 0 aliphatic carbocycles. The number of benzene rings is 1. The van der Waals surface area contributed by atoms with E-state index >= 15 is 0 Å². The number of piperidine rings is 1. The van der Waals surface area contributed by atoms with Crippen LogP contribution in [0.4, 0.5) is 4.79 Å². The molecule has 33 heavy (non-hydrogen) atoms. The Kier molecular flexibility index (Phi) is 9.64. The van der Waals surface area contributed by atoms with E-state index in [1.165, 1.54) is 0 Å². The van der Waals surface area contributed by atoms with Crippen LogP contribution < -0.4 is 19.5 Å². The molecule has 9 heteroatoms. The Balaban J connectivity index is 1.86. The van der Waals surface area contributed by atoms with Gasteiger partial charge in [0.05, 0.1) is 27.9 Å². The van der Waals surface area contributed by atoms with Gasteiger partial charge in [-0.05, 0) is 63.8 Å². The summed E-state index contributed by atoms with van der Waals surface area (Å²) in [5.41, 5.74) is 0.341. The molecule has 1 N–H and O–H groups in total. The van der Waals surface area contributed by atoms with Gasteiger partial charge >= 0.3 is 6.09 Å². The first kappa shape index (κ1) is 26.6. The van der Waals surface area contributed by atoms with E-state index < -0.39 is 5.60 Å². The van der Waals surface area contributed by atoms with Gasteiger partial charge in [-0.15, -0.1) is 0 Å². The predicted octanol–water partition coefficient (Wildman–Crippen LogP) is 2.91. The largest absolute Gasteiger partial charge is 0.493 e. The highest BCUT2D eigenvalue weighted by Crippen LogP contribution is 2.38. The van der Waals surface area contributed by atoms with E-state index in [9.17, 15) is 9.59 Å². The van der Waals surface area contributed by atoms with Crippen molar-refractivity contribution in [1.29, 1.82) is 0 Å². The molecule has 0 radical (unpaired) electrons. The number of nitrogens with one attached hydrogen (secondary N) is 1. The predicted molar refractivity (Wildman–Crippen MR) is 126 cm³/mol. The summed E-state index contributed by atoms with van der Waals surface area (Å²) < 4.78 is 21.5. The summed E-state index contributed by atoms with van der Waals surface area (Å²) in [5, 5.41) is 2.97. The van der Waals surface area contributed by atoms with E-state index in [1.54, 1.807) is 33.3 Å². The van der Waals surface area contributed by atoms with Crippen LogP contribution in [0.1, 0.15) is 39.2 Å². The Labute approximate surface area is 197 Å². The van der Waals surface area contributed by atoms with Crippen LogP contribution in [-0.4, -0.2) is 82.0 Å². The van der Waals surface area contributed by atoms with Gasteiger partial charge in [-0.25, -0.2) is 4.79 Å². The van der Waals surface area contributed by atoms with Gasteiger partial charge in [0.15, 0.2) is 11.5 Å². The molecule has 1 aliphatic heterocycles. The molecule has 0 bridgehead atoms. The van der Waals surface area contributed by atoms with E-state index in [4.69, 9.17) is 18.9 Å². The zero-order valence-corrected chi connectivity index (χ0v) is 21.0. The second-order valence-electron chi connectivity index (χ2n) is 9.41. The lowest BCUT2D eigenvalue weighted by atomic mass is 9.97. The zero-order chi connectivity index (χ0) is 24.6. The van der Waals surface area contributed by atoms with Crippen molar-refractivity contribution in [3.63, 3.8) is 0 Å². The van der Waals surface area contributed by atoms with E-state index in [2.05, 4.69) is 10.2 Å². The van der Waals surface area contributed by atoms with Gasteiger partial charge in [-0.2, -0.15) is 0 Å². The molecule has 1 fully saturated rings. The summed E-state index contributed by atoms with van der Waals surface area (Å²) in [6, 6.07) is 3.65. The number of hydrogen-bond donors (Lipinski definition) is 1. The molecule has 186 valence electrons. The summed E-state index contributed by atoms with van der Waals surface area (Å²) in [5.74, 6) is 1.87. The van der Waals surface area contributed by atoms with Crippen LogP contribution in [0.25, 0.3) is 0 Å². The SMILES string of the molecule is COc1cc(CNC(=O)CN2CCCC(CN(C)C(=O)OC(C)(C)C)C2)cc(OC)c1OC. The van der Waals surface area contributed by atoms with Crippen molar-refractivity contribution in [2.24, 2.45) is 5.92 Å². The molecule has 2 rings (SSSR count). The Bertz CT molecular complexity index is 783. The minimum absolute atomic E-state index is 0.0510. The maximum atomic E-state index is 12.6. The van der Waals surface area contributed by atoms with Crippen LogP contribution in [0.3, 0.4) is 0 Å². The topological polar surface area (TPSA) is 89.6 Å². The summed E-state index contributed by atoms with van der Waals surface area (Å²) in [4.78, 5) is 28.6. The summed E-state index contributed by atoms with van der Waals surface area (Å²) in [6.07, 6.45) is 1.70. The van der Waals surface area contributed by atoms with E-state index in [-0.39, 0.29) is 12.0 Å². The molecule has 1 heterocycles. The molecular weight excluding hydrogens is 426 g/mol. The summed E-state index contributed by atoms with van der Waals surface area (Å²) in [6.45, 7) is 8.49. The Morgan fingerprint density at radius 1 is 1.12 bits per heavy atom. The van der Waals surface area contributed by atoms with E-state index in [0.717, 1.165) is 31.5 Å². The molecular formula is C24H39N3O6. The van der Waals surface area contributed by atoms with Gasteiger partial charge < -0.3 is 29.2 Å². The lowest BCUT2D eigenvalue weighted by molar-refractivity contribution is -0.122. The highest BCUT2D eigenvalue weighted by atomic mass is 16.6. The van der Waals surface area contributed by atoms with Crippen molar-refractivity contribution in [3.8, 4) is 17.2 Å². The van der Waals surface area contributed by atoms with Crippen molar-refractivity contribution in [3.05, 3.63) is 17.7 Å². The number of carbonyl (C=O) groups excluding carboxylic acids is 2. The standard InChI is InChI=1S/C24H39N3O6/c1-24(2,3)33-23(29)26(4)14-17-9-8-10-27(15-17)16-21(28)25-13-18-11-19(30-5)22(32-7)20(12-18)31-6/h11-12,17H,8-10,13-16H2,1-7H3,(H,25,28). The van der Waals surface area contributed by atoms with Crippen molar-refractivity contribution in [1.82, 2.24) is 15.1 Å². The normalized spacial score (nSPS) is 16.6. The van der Waals surface area contributed by atoms with Crippen molar-refractivity contribution < 1.29 is 28.5 Å². The molecule has 1 unspecified atom stereocenters. The van der Waals surface area contributed by atoms with Crippen LogP contribution in [0.5, 0.6) is 17.2 Å². The number of amides is 2. The zero-order valence-electron chi connectivity index (χ0n) is 21.0. The lowest BCUT2D eigenvalue weighted by Crippen LogP contribution is -2.46. The minimum Gasteiger partial charge on any atom is -0.493 e. The molecule has 0 saturated carbocycles. The van der Waals surface area contributed by atoms with Gasteiger partial charge in [0.1, 0.15) is 5.60 Å². The van der Waals surface area contributed by atoms with Crippen LogP contribution in [0, 0.1) is 5.92 Å². The first-order valence-electron chi connectivity index (χ1n) is 11.3. The van der Waals surface area contributed by atoms with Crippen LogP contribution in [0.15, 0.2) is 12.1 Å². The monoisotopic (exact) mass is 465 g/mol. The quantitative estimate of drug-likeness (QED) is 0.600. The van der Waals surface area contributed by atoms with Crippen molar-refractivity contribution >= 4 is 12.0 Å². The third-order valence-corrected chi connectivity index (χ3v) is 5.42. The fourth-order valence-corrected chi connectivity index (χ4v) is 3.94. The maximum Gasteiger partial charge on any atom is 0.410 e. The molecule has 1 aromatic carbocycles. The molecule has 1 saturated heterocycles. The second kappa shape index (κ2) is 12.0. The Morgan fingerprint density at radius 3 is 2.30 bits per heavy atom. The summed E-state index contributed by atoms with van der Waals surface area (Å²) in [7, 11) is 6.44. The molecule has 1 aliphatic rings. The maximum absolute atomic E-state index is 12.6. The number of likely N-dealkylation sites (tertiary alicyclic amines) is 1. The molecule has 1 atom stereocenters. The van der Waals surface area contributed by atoms with Crippen LogP contribution >= 0.6 is 0 Å². The van der Waals surface area contributed by atoms with Crippen LogP contribution in [-0.2, 0) is 16.1 Å². The first-order valence-corrected chi connectivity index (χ1v) is 11.3. The molecule has 0 aromatic heterocycles. The first-order chi connectivity index (χ1) is 15.6. The van der Waals surface area contributed by atoms with Gasteiger partial charge in [0, 0.05) is 26.7 Å². The highest BCUT2D eigenvalue weighted by molar-refractivity contribution is 5.78. The number of carbonyl (C=O) groups is 2. The number of ether oxygens (including phenoxy) is 4. The van der Waals surface area contributed by atoms with Crippen molar-refractivity contribution in [2.45, 2.75) is 45.8 Å². The number of nitrogens with zero attached hydrogens (tertiary/aromatic N) is 2. The third-order valence-electron chi connectivity index (χ3n) is 5.42. The van der Waals surface area contributed by atoms with Gasteiger partial charge in [-0.3, -0.25) is 9.69 Å². The average Bonchev–Trinajstić information content (AvgIpc) is 2.75. The van der Waals surface area contributed by atoms with E-state index in [0.29, 0.717) is 42.8 Å².